The van der Waals surface area contributed by atoms with Gasteiger partial charge in [0.25, 0.3) is 5.91 Å². The van der Waals surface area contributed by atoms with Gasteiger partial charge in [-0.25, -0.2) is 5.43 Å². The summed E-state index contributed by atoms with van der Waals surface area (Å²) in [6.07, 6.45) is -0.310. The largest absolute Gasteiger partial charge is 0.338 e. The highest BCUT2D eigenvalue weighted by Gasteiger charge is 2.30. The number of aromatic nitrogens is 1. The Balaban J connectivity index is 2.00. The van der Waals surface area contributed by atoms with Gasteiger partial charge in [0, 0.05) is 12.1 Å². The second kappa shape index (κ2) is 4.81. The van der Waals surface area contributed by atoms with Gasteiger partial charge in [-0.1, -0.05) is 28.9 Å². The predicted octanol–water partition coefficient (Wildman–Crippen LogP) is 2.34. The Labute approximate surface area is 120 Å². The van der Waals surface area contributed by atoms with Gasteiger partial charge in [-0.15, -0.1) is 0 Å². The maximum absolute atomic E-state index is 12.3. The number of benzene rings is 1. The number of nitrogens with zero attached hydrogens (tertiary/aromatic N) is 2. The fourth-order valence-corrected chi connectivity index (χ4v) is 2.24. The molecule has 104 valence electrons. The zero-order chi connectivity index (χ0) is 14.3. The third-order valence-electron chi connectivity index (χ3n) is 3.18. The van der Waals surface area contributed by atoms with E-state index in [9.17, 15) is 4.79 Å². The fourth-order valence-electron chi connectivity index (χ4n) is 2.12. The van der Waals surface area contributed by atoms with Crippen molar-refractivity contribution in [3.63, 3.8) is 0 Å². The van der Waals surface area contributed by atoms with Crippen molar-refractivity contribution in [1.29, 1.82) is 0 Å². The monoisotopic (exact) mass is 292 g/mol. The zero-order valence-electron chi connectivity index (χ0n) is 11.0. The van der Waals surface area contributed by atoms with Crippen LogP contribution in [0.2, 0.25) is 5.02 Å². The standard InChI is InChI=1S/C13H13ClN4O2/c1-7-10-12(20-17-7)15-11(16-18(2)13(10)19)8-3-5-9(14)6-4-8/h3-6,11,15-16H,1-2H3. The fraction of sp³-hybridized carbons (Fsp3) is 0.231. The molecule has 3 rings (SSSR count). The van der Waals surface area contributed by atoms with E-state index in [4.69, 9.17) is 16.1 Å². The van der Waals surface area contributed by atoms with E-state index in [1.165, 1.54) is 5.01 Å². The number of hydrazine groups is 1. The molecule has 0 saturated carbocycles. The molecule has 1 unspecified atom stereocenters. The SMILES string of the molecule is Cc1noc2c1C(=O)N(C)NC(c1ccc(Cl)cc1)N2. The zero-order valence-corrected chi connectivity index (χ0v) is 11.7. The lowest BCUT2D eigenvalue weighted by Gasteiger charge is -2.23. The quantitative estimate of drug-likeness (QED) is 0.844. The van der Waals surface area contributed by atoms with E-state index in [1.54, 1.807) is 26.1 Å². The van der Waals surface area contributed by atoms with Gasteiger partial charge in [-0.3, -0.25) is 9.80 Å². The Hall–Kier alpha value is -2.05. The third kappa shape index (κ3) is 2.13. The van der Waals surface area contributed by atoms with Gasteiger partial charge in [-0.2, -0.15) is 0 Å². The van der Waals surface area contributed by atoms with Crippen LogP contribution in [0.1, 0.15) is 27.8 Å². The van der Waals surface area contributed by atoms with Gasteiger partial charge in [-0.05, 0) is 24.6 Å². The Kier molecular flexibility index (Phi) is 3.11. The molecule has 20 heavy (non-hydrogen) atoms. The molecule has 1 aromatic heterocycles. The summed E-state index contributed by atoms with van der Waals surface area (Å²) in [6, 6.07) is 7.33. The molecule has 0 bridgehead atoms. The smallest absolute Gasteiger partial charge is 0.275 e. The molecule has 1 aromatic carbocycles. The first-order chi connectivity index (χ1) is 9.56. The number of fused-ring (bicyclic) bond motifs is 1. The van der Waals surface area contributed by atoms with Gasteiger partial charge >= 0.3 is 0 Å². The number of hydrogen-bond acceptors (Lipinski definition) is 5. The summed E-state index contributed by atoms with van der Waals surface area (Å²) in [5.74, 6) is 0.173. The maximum atomic E-state index is 12.3. The van der Waals surface area contributed by atoms with Gasteiger partial charge < -0.3 is 9.84 Å². The summed E-state index contributed by atoms with van der Waals surface area (Å²) < 4.78 is 5.19. The molecule has 1 atom stereocenters. The van der Waals surface area contributed by atoms with Crippen molar-refractivity contribution in [3.8, 4) is 0 Å². The van der Waals surface area contributed by atoms with Crippen molar-refractivity contribution >= 4 is 23.4 Å². The van der Waals surface area contributed by atoms with E-state index in [-0.39, 0.29) is 12.1 Å². The average molecular weight is 293 g/mol. The molecule has 0 saturated heterocycles. The third-order valence-corrected chi connectivity index (χ3v) is 3.43. The van der Waals surface area contributed by atoms with Crippen molar-refractivity contribution in [2.24, 2.45) is 0 Å². The van der Waals surface area contributed by atoms with E-state index in [0.717, 1.165) is 5.56 Å². The molecule has 1 amide bonds. The van der Waals surface area contributed by atoms with Crippen LogP contribution < -0.4 is 10.7 Å². The second-order valence-corrected chi connectivity index (χ2v) is 5.03. The van der Waals surface area contributed by atoms with Crippen molar-refractivity contribution in [2.45, 2.75) is 13.1 Å². The number of halogens is 1. The van der Waals surface area contributed by atoms with E-state index in [2.05, 4.69) is 15.9 Å². The number of nitrogens with one attached hydrogen (secondary N) is 2. The van der Waals surface area contributed by atoms with Crippen LogP contribution >= 0.6 is 11.6 Å². The summed E-state index contributed by atoms with van der Waals surface area (Å²) in [7, 11) is 1.66. The lowest BCUT2D eigenvalue weighted by molar-refractivity contribution is 0.0702. The number of carbonyl (C=O) groups excluding carboxylic acids is 1. The number of rotatable bonds is 1. The Bertz CT molecular complexity index is 653. The van der Waals surface area contributed by atoms with E-state index < -0.39 is 0 Å². The van der Waals surface area contributed by atoms with E-state index in [1.807, 2.05) is 12.1 Å². The lowest BCUT2D eigenvalue weighted by atomic mass is 10.2. The number of carbonyl (C=O) groups is 1. The van der Waals surface area contributed by atoms with Crippen LogP contribution in [0, 0.1) is 6.92 Å². The molecule has 0 fully saturated rings. The lowest BCUT2D eigenvalue weighted by Crippen LogP contribution is -2.41. The normalized spacial score (nSPS) is 18.4. The predicted molar refractivity (Wildman–Crippen MR) is 74.3 cm³/mol. The van der Waals surface area contributed by atoms with Crippen LogP contribution in [0.15, 0.2) is 28.8 Å². The Morgan fingerprint density at radius 1 is 1.35 bits per heavy atom. The second-order valence-electron chi connectivity index (χ2n) is 4.59. The number of aryl methyl sites for hydroxylation is 1. The topological polar surface area (TPSA) is 70.4 Å². The molecule has 6 nitrogen and oxygen atoms in total. The van der Waals surface area contributed by atoms with Gasteiger partial charge in [0.2, 0.25) is 5.88 Å². The number of hydrogen-bond donors (Lipinski definition) is 2. The van der Waals surface area contributed by atoms with Gasteiger partial charge in [0.05, 0.1) is 5.69 Å². The summed E-state index contributed by atoms with van der Waals surface area (Å²) in [5.41, 5.74) is 4.99. The molecule has 2 aromatic rings. The van der Waals surface area contributed by atoms with Crippen molar-refractivity contribution in [1.82, 2.24) is 15.6 Å². The number of anilines is 1. The minimum Gasteiger partial charge on any atom is -0.338 e. The molecule has 7 heteroatoms. The summed E-state index contributed by atoms with van der Waals surface area (Å²) in [6.45, 7) is 1.73. The molecule has 1 aliphatic rings. The first-order valence-electron chi connectivity index (χ1n) is 6.09. The molecule has 1 aliphatic heterocycles. The Morgan fingerprint density at radius 2 is 2.05 bits per heavy atom. The first-order valence-corrected chi connectivity index (χ1v) is 6.46. The first kappa shape index (κ1) is 13.0. The van der Waals surface area contributed by atoms with E-state index in [0.29, 0.717) is 22.2 Å². The molecule has 0 spiro atoms. The van der Waals surface area contributed by atoms with Crippen molar-refractivity contribution < 1.29 is 9.32 Å². The van der Waals surface area contributed by atoms with Crippen LogP contribution in [0.25, 0.3) is 0 Å². The van der Waals surface area contributed by atoms with Crippen LogP contribution in [0.3, 0.4) is 0 Å². The highest BCUT2D eigenvalue weighted by atomic mass is 35.5. The van der Waals surface area contributed by atoms with E-state index >= 15 is 0 Å². The molecule has 0 aliphatic carbocycles. The van der Waals surface area contributed by atoms with Crippen LogP contribution in [0.5, 0.6) is 0 Å². The summed E-state index contributed by atoms with van der Waals surface area (Å²) in [5, 5.41) is 9.04. The minimum absolute atomic E-state index is 0.192. The maximum Gasteiger partial charge on any atom is 0.275 e. The summed E-state index contributed by atoms with van der Waals surface area (Å²) >= 11 is 5.89. The Morgan fingerprint density at radius 3 is 2.75 bits per heavy atom. The molecule has 2 heterocycles. The molecular formula is C13H13ClN4O2. The summed E-state index contributed by atoms with van der Waals surface area (Å²) in [4.78, 5) is 12.3. The average Bonchev–Trinajstić information content (AvgIpc) is 2.72. The highest BCUT2D eigenvalue weighted by molar-refractivity contribution is 6.30. The van der Waals surface area contributed by atoms with Gasteiger partial charge in [0.1, 0.15) is 11.7 Å². The molecule has 0 radical (unpaired) electrons. The minimum atomic E-state index is -0.310. The molecular weight excluding hydrogens is 280 g/mol. The van der Waals surface area contributed by atoms with Crippen LogP contribution in [-0.4, -0.2) is 23.1 Å². The molecule has 2 N–H and O–H groups in total. The highest BCUT2D eigenvalue weighted by Crippen LogP contribution is 2.28. The van der Waals surface area contributed by atoms with Gasteiger partial charge in [0.15, 0.2) is 0 Å². The number of amides is 1. The van der Waals surface area contributed by atoms with Crippen molar-refractivity contribution in [2.75, 3.05) is 12.4 Å². The van der Waals surface area contributed by atoms with Crippen LogP contribution in [0.4, 0.5) is 5.88 Å². The van der Waals surface area contributed by atoms with Crippen LogP contribution in [-0.2, 0) is 0 Å². The van der Waals surface area contributed by atoms with Crippen molar-refractivity contribution in [3.05, 3.63) is 46.1 Å².